The molecule has 112 valence electrons. The van der Waals surface area contributed by atoms with Crippen molar-refractivity contribution in [1.29, 1.82) is 0 Å². The summed E-state index contributed by atoms with van der Waals surface area (Å²) in [6.45, 7) is 7.91. The van der Waals surface area contributed by atoms with Crippen LogP contribution in [0.5, 0.6) is 0 Å². The fourth-order valence-corrected chi connectivity index (χ4v) is 3.05. The van der Waals surface area contributed by atoms with Crippen molar-refractivity contribution in [3.63, 3.8) is 0 Å². The first-order chi connectivity index (χ1) is 9.52. The standard InChI is InChI=1S/C14H22N2O3S/c1-4-19-10(2)13-15-11(8-20-13)7-12(17)16-14(3)5-6-18-9-14/h8,10H,4-7,9H2,1-3H3,(H,16,17)/t10-,14-/m0/s1. The fourth-order valence-electron chi connectivity index (χ4n) is 2.22. The molecule has 1 N–H and O–H groups in total. The molecule has 1 aromatic heterocycles. The Morgan fingerprint density at radius 3 is 3.15 bits per heavy atom. The van der Waals surface area contributed by atoms with E-state index in [4.69, 9.17) is 9.47 Å². The second kappa shape index (κ2) is 6.65. The van der Waals surface area contributed by atoms with Crippen molar-refractivity contribution in [2.24, 2.45) is 0 Å². The number of hydrogen-bond acceptors (Lipinski definition) is 5. The average molecular weight is 298 g/mol. The van der Waals surface area contributed by atoms with Gasteiger partial charge in [-0.15, -0.1) is 11.3 Å². The van der Waals surface area contributed by atoms with E-state index in [1.54, 1.807) is 11.3 Å². The molecule has 2 heterocycles. The number of hydrogen-bond donors (Lipinski definition) is 1. The molecule has 1 aromatic rings. The molecule has 1 aliphatic rings. The topological polar surface area (TPSA) is 60.5 Å². The summed E-state index contributed by atoms with van der Waals surface area (Å²) in [6.07, 6.45) is 1.16. The molecule has 2 atom stereocenters. The maximum atomic E-state index is 12.0. The zero-order chi connectivity index (χ0) is 14.6. The second-order valence-electron chi connectivity index (χ2n) is 5.36. The third-order valence-electron chi connectivity index (χ3n) is 3.34. The van der Waals surface area contributed by atoms with Gasteiger partial charge in [0, 0.05) is 18.6 Å². The Balaban J connectivity index is 1.88. The molecule has 20 heavy (non-hydrogen) atoms. The van der Waals surface area contributed by atoms with Gasteiger partial charge in [-0.1, -0.05) is 0 Å². The molecule has 1 fully saturated rings. The molecule has 0 unspecified atom stereocenters. The number of amides is 1. The van der Waals surface area contributed by atoms with E-state index in [9.17, 15) is 4.79 Å². The maximum Gasteiger partial charge on any atom is 0.226 e. The predicted octanol–water partition coefficient (Wildman–Crippen LogP) is 2.08. The van der Waals surface area contributed by atoms with Crippen LogP contribution >= 0.6 is 11.3 Å². The molecule has 0 aliphatic carbocycles. The van der Waals surface area contributed by atoms with Crippen LogP contribution in [0.2, 0.25) is 0 Å². The minimum Gasteiger partial charge on any atom is -0.379 e. The number of rotatable bonds is 6. The van der Waals surface area contributed by atoms with E-state index in [1.807, 2.05) is 26.2 Å². The summed E-state index contributed by atoms with van der Waals surface area (Å²) in [5.41, 5.74) is 0.575. The summed E-state index contributed by atoms with van der Waals surface area (Å²) in [5, 5.41) is 5.89. The molecule has 0 aromatic carbocycles. The first-order valence-electron chi connectivity index (χ1n) is 6.97. The Labute approximate surface area is 123 Å². The molecule has 0 bridgehead atoms. The largest absolute Gasteiger partial charge is 0.379 e. The van der Waals surface area contributed by atoms with Crippen molar-refractivity contribution in [2.45, 2.75) is 45.3 Å². The van der Waals surface area contributed by atoms with Crippen LogP contribution in [0.4, 0.5) is 0 Å². The average Bonchev–Trinajstić information content (AvgIpc) is 2.99. The van der Waals surface area contributed by atoms with E-state index >= 15 is 0 Å². The summed E-state index contributed by atoms with van der Waals surface area (Å²) in [6, 6.07) is 0. The second-order valence-corrected chi connectivity index (χ2v) is 6.25. The van der Waals surface area contributed by atoms with Crippen LogP contribution in [0, 0.1) is 0 Å². The van der Waals surface area contributed by atoms with E-state index < -0.39 is 0 Å². The van der Waals surface area contributed by atoms with Crippen LogP contribution in [0.15, 0.2) is 5.38 Å². The van der Waals surface area contributed by atoms with Gasteiger partial charge in [0.25, 0.3) is 0 Å². The minimum absolute atomic E-state index is 0.00101. The first-order valence-corrected chi connectivity index (χ1v) is 7.85. The Hall–Kier alpha value is -0.980. The van der Waals surface area contributed by atoms with Crippen LogP contribution in [0.3, 0.4) is 0 Å². The lowest BCUT2D eigenvalue weighted by molar-refractivity contribution is -0.122. The van der Waals surface area contributed by atoms with Crippen LogP contribution in [-0.2, 0) is 20.7 Å². The molecular weight excluding hydrogens is 276 g/mol. The van der Waals surface area contributed by atoms with E-state index in [2.05, 4.69) is 10.3 Å². The number of ether oxygens (including phenoxy) is 2. The monoisotopic (exact) mass is 298 g/mol. The van der Waals surface area contributed by atoms with Gasteiger partial charge in [0.1, 0.15) is 11.1 Å². The highest BCUT2D eigenvalue weighted by molar-refractivity contribution is 7.09. The molecule has 5 nitrogen and oxygen atoms in total. The lowest BCUT2D eigenvalue weighted by Crippen LogP contribution is -2.47. The van der Waals surface area contributed by atoms with Gasteiger partial charge in [0.15, 0.2) is 0 Å². The normalized spacial score (nSPS) is 23.8. The highest BCUT2D eigenvalue weighted by Gasteiger charge is 2.31. The Morgan fingerprint density at radius 2 is 2.50 bits per heavy atom. The Morgan fingerprint density at radius 1 is 1.70 bits per heavy atom. The van der Waals surface area contributed by atoms with Crippen molar-refractivity contribution in [2.75, 3.05) is 19.8 Å². The third-order valence-corrected chi connectivity index (χ3v) is 4.39. The van der Waals surface area contributed by atoms with Gasteiger partial charge in [0.05, 0.1) is 24.3 Å². The summed E-state index contributed by atoms with van der Waals surface area (Å²) in [7, 11) is 0. The van der Waals surface area contributed by atoms with Crippen molar-refractivity contribution >= 4 is 17.2 Å². The van der Waals surface area contributed by atoms with Crippen molar-refractivity contribution in [1.82, 2.24) is 10.3 Å². The Bertz CT molecular complexity index is 455. The molecule has 1 amide bonds. The minimum atomic E-state index is -0.228. The summed E-state index contributed by atoms with van der Waals surface area (Å²) in [5.74, 6) is -0.00101. The Kier molecular flexibility index (Phi) is 5.12. The van der Waals surface area contributed by atoms with E-state index in [1.165, 1.54) is 0 Å². The number of thiazole rings is 1. The van der Waals surface area contributed by atoms with Gasteiger partial charge in [-0.25, -0.2) is 4.98 Å². The highest BCUT2D eigenvalue weighted by Crippen LogP contribution is 2.22. The van der Waals surface area contributed by atoms with Crippen molar-refractivity contribution in [3.8, 4) is 0 Å². The zero-order valence-corrected chi connectivity index (χ0v) is 13.1. The number of carbonyl (C=O) groups excluding carboxylic acids is 1. The highest BCUT2D eigenvalue weighted by atomic mass is 32.1. The number of nitrogens with zero attached hydrogens (tertiary/aromatic N) is 1. The maximum absolute atomic E-state index is 12.0. The van der Waals surface area contributed by atoms with Gasteiger partial charge in [-0.05, 0) is 27.2 Å². The lowest BCUT2D eigenvalue weighted by atomic mass is 10.0. The van der Waals surface area contributed by atoms with Crippen molar-refractivity contribution < 1.29 is 14.3 Å². The summed E-state index contributed by atoms with van der Waals surface area (Å²) in [4.78, 5) is 16.5. The van der Waals surface area contributed by atoms with Crippen molar-refractivity contribution in [3.05, 3.63) is 16.1 Å². The zero-order valence-electron chi connectivity index (χ0n) is 12.3. The van der Waals surface area contributed by atoms with Crippen LogP contribution < -0.4 is 5.32 Å². The number of carbonyl (C=O) groups is 1. The smallest absolute Gasteiger partial charge is 0.226 e. The predicted molar refractivity (Wildman–Crippen MR) is 77.8 cm³/mol. The number of aromatic nitrogens is 1. The molecule has 0 spiro atoms. The molecule has 1 saturated heterocycles. The van der Waals surface area contributed by atoms with E-state index in [0.717, 1.165) is 17.1 Å². The van der Waals surface area contributed by atoms with Gasteiger partial charge in [0.2, 0.25) is 5.91 Å². The number of nitrogens with one attached hydrogen (secondary N) is 1. The van der Waals surface area contributed by atoms with Gasteiger partial charge in [-0.2, -0.15) is 0 Å². The lowest BCUT2D eigenvalue weighted by Gasteiger charge is -2.23. The SMILES string of the molecule is CCO[C@@H](C)c1nc(CC(=O)N[C@@]2(C)CCOC2)cs1. The van der Waals surface area contributed by atoms with Gasteiger partial charge < -0.3 is 14.8 Å². The molecular formula is C14H22N2O3S. The van der Waals surface area contributed by atoms with E-state index in [-0.39, 0.29) is 17.6 Å². The molecule has 1 aliphatic heterocycles. The van der Waals surface area contributed by atoms with Crippen LogP contribution in [-0.4, -0.2) is 36.3 Å². The molecule has 6 heteroatoms. The van der Waals surface area contributed by atoms with Gasteiger partial charge in [-0.3, -0.25) is 4.79 Å². The molecule has 0 radical (unpaired) electrons. The quantitative estimate of drug-likeness (QED) is 0.873. The molecule has 2 rings (SSSR count). The summed E-state index contributed by atoms with van der Waals surface area (Å²) < 4.78 is 10.8. The van der Waals surface area contributed by atoms with Crippen LogP contribution in [0.1, 0.15) is 44.0 Å². The summed E-state index contributed by atoms with van der Waals surface area (Å²) >= 11 is 1.54. The third kappa shape index (κ3) is 4.01. The van der Waals surface area contributed by atoms with Gasteiger partial charge >= 0.3 is 0 Å². The fraction of sp³-hybridized carbons (Fsp3) is 0.714. The van der Waals surface area contributed by atoms with Crippen LogP contribution in [0.25, 0.3) is 0 Å². The molecule has 0 saturated carbocycles. The first kappa shape index (κ1) is 15.4. The van der Waals surface area contributed by atoms with E-state index in [0.29, 0.717) is 26.2 Å².